The van der Waals surface area contributed by atoms with Crippen LogP contribution in [0.3, 0.4) is 0 Å². The van der Waals surface area contributed by atoms with Crippen LogP contribution < -0.4 is 10.0 Å². The third-order valence-corrected chi connectivity index (χ3v) is 8.45. The monoisotopic (exact) mass is 473 g/mol. The highest BCUT2D eigenvalue weighted by Crippen LogP contribution is 2.35. The first-order chi connectivity index (χ1) is 15.4. The molecule has 0 aliphatic carbocycles. The number of amides is 2. The number of sulfonamides is 1. The number of rotatable bonds is 6. The molecule has 1 unspecified atom stereocenters. The zero-order valence-corrected chi connectivity index (χ0v) is 19.6. The molecule has 0 radical (unpaired) electrons. The van der Waals surface area contributed by atoms with E-state index >= 15 is 0 Å². The van der Waals surface area contributed by atoms with Gasteiger partial charge in [-0.15, -0.1) is 11.8 Å². The van der Waals surface area contributed by atoms with Gasteiger partial charge in [0, 0.05) is 30.2 Å². The summed E-state index contributed by atoms with van der Waals surface area (Å²) in [6.07, 6.45) is 2.90. The quantitative estimate of drug-likeness (QED) is 0.667. The number of aryl methyl sites for hydroxylation is 1. The molecule has 1 saturated heterocycles. The van der Waals surface area contributed by atoms with Crippen LogP contribution in [0.2, 0.25) is 0 Å². The van der Waals surface area contributed by atoms with Gasteiger partial charge in [-0.25, -0.2) is 8.42 Å². The van der Waals surface area contributed by atoms with Gasteiger partial charge in [0.05, 0.1) is 22.2 Å². The lowest BCUT2D eigenvalue weighted by atomic mass is 10.1. The van der Waals surface area contributed by atoms with Crippen LogP contribution in [0.1, 0.15) is 31.7 Å². The summed E-state index contributed by atoms with van der Waals surface area (Å²) in [5.41, 5.74) is 1.91. The maximum Gasteiger partial charge on any atom is 0.261 e. The van der Waals surface area contributed by atoms with Crippen LogP contribution in [0.15, 0.2) is 52.3 Å². The van der Waals surface area contributed by atoms with Gasteiger partial charge in [-0.05, 0) is 49.1 Å². The molecule has 9 heteroatoms. The smallest absolute Gasteiger partial charge is 0.261 e. The van der Waals surface area contributed by atoms with Crippen LogP contribution >= 0.6 is 11.8 Å². The predicted octanol–water partition coefficient (Wildman–Crippen LogP) is 3.72. The Kier molecular flexibility index (Phi) is 6.76. The SMILES string of the molecule is CCc1ccccc1NS(=O)(=O)c1ccc2c(c1)NC(=O)C(CC(=O)N1CCCC1)CS2. The second kappa shape index (κ2) is 9.54. The van der Waals surface area contributed by atoms with Crippen molar-refractivity contribution in [1.29, 1.82) is 0 Å². The van der Waals surface area contributed by atoms with Gasteiger partial charge in [-0.1, -0.05) is 25.1 Å². The topological polar surface area (TPSA) is 95.6 Å². The summed E-state index contributed by atoms with van der Waals surface area (Å²) in [6, 6.07) is 12.0. The van der Waals surface area contributed by atoms with Crippen LogP contribution in [-0.2, 0) is 26.0 Å². The van der Waals surface area contributed by atoms with E-state index in [0.29, 0.717) is 23.5 Å². The molecule has 0 aromatic heterocycles. The first-order valence-electron chi connectivity index (χ1n) is 10.8. The van der Waals surface area contributed by atoms with Gasteiger partial charge >= 0.3 is 0 Å². The number of thioether (sulfide) groups is 1. The minimum absolute atomic E-state index is 0.0104. The van der Waals surface area contributed by atoms with Crippen LogP contribution in [-0.4, -0.2) is 44.0 Å². The molecule has 2 aliphatic heterocycles. The summed E-state index contributed by atoms with van der Waals surface area (Å²) >= 11 is 1.47. The molecule has 1 atom stereocenters. The van der Waals surface area contributed by atoms with E-state index in [0.717, 1.165) is 36.4 Å². The second-order valence-electron chi connectivity index (χ2n) is 8.06. The first-order valence-corrected chi connectivity index (χ1v) is 13.3. The number of likely N-dealkylation sites (tertiary alicyclic amines) is 1. The van der Waals surface area contributed by atoms with Crippen molar-refractivity contribution in [2.45, 2.75) is 42.4 Å². The summed E-state index contributed by atoms with van der Waals surface area (Å²) in [6.45, 7) is 3.49. The fraction of sp³-hybridized carbons (Fsp3) is 0.391. The van der Waals surface area contributed by atoms with Gasteiger partial charge in [0.15, 0.2) is 0 Å². The maximum atomic E-state index is 13.0. The van der Waals surface area contributed by atoms with E-state index in [1.165, 1.54) is 17.8 Å². The highest BCUT2D eigenvalue weighted by atomic mass is 32.2. The highest BCUT2D eigenvalue weighted by molar-refractivity contribution is 7.99. The second-order valence-corrected chi connectivity index (χ2v) is 10.8. The van der Waals surface area contributed by atoms with E-state index in [1.807, 2.05) is 24.0 Å². The van der Waals surface area contributed by atoms with Crippen molar-refractivity contribution in [3.8, 4) is 0 Å². The minimum Gasteiger partial charge on any atom is -0.343 e. The average molecular weight is 474 g/mol. The third kappa shape index (κ3) is 4.94. The van der Waals surface area contributed by atoms with Gasteiger partial charge in [0.1, 0.15) is 0 Å². The number of carbonyl (C=O) groups excluding carboxylic acids is 2. The van der Waals surface area contributed by atoms with E-state index in [9.17, 15) is 18.0 Å². The summed E-state index contributed by atoms with van der Waals surface area (Å²) in [5, 5.41) is 2.84. The summed E-state index contributed by atoms with van der Waals surface area (Å²) < 4.78 is 28.7. The number of para-hydroxylation sites is 1. The Bertz CT molecular complexity index is 1130. The zero-order chi connectivity index (χ0) is 22.7. The van der Waals surface area contributed by atoms with E-state index in [2.05, 4.69) is 10.0 Å². The van der Waals surface area contributed by atoms with Gasteiger partial charge in [-0.3, -0.25) is 14.3 Å². The normalized spacial score (nSPS) is 18.6. The van der Waals surface area contributed by atoms with Crippen LogP contribution in [0.5, 0.6) is 0 Å². The van der Waals surface area contributed by atoms with Crippen molar-refractivity contribution in [3.63, 3.8) is 0 Å². The number of anilines is 2. The van der Waals surface area contributed by atoms with Gasteiger partial charge in [0.25, 0.3) is 10.0 Å². The van der Waals surface area contributed by atoms with E-state index < -0.39 is 15.9 Å². The lowest BCUT2D eigenvalue weighted by Crippen LogP contribution is -2.33. The first kappa shape index (κ1) is 22.7. The third-order valence-electron chi connectivity index (χ3n) is 5.85. The van der Waals surface area contributed by atoms with E-state index in [-0.39, 0.29) is 23.1 Å². The number of benzene rings is 2. The molecule has 2 aromatic carbocycles. The Morgan fingerprint density at radius 2 is 1.94 bits per heavy atom. The van der Waals surface area contributed by atoms with Gasteiger partial charge in [0.2, 0.25) is 11.8 Å². The number of hydrogen-bond donors (Lipinski definition) is 2. The number of nitrogens with one attached hydrogen (secondary N) is 2. The Morgan fingerprint density at radius 1 is 1.19 bits per heavy atom. The van der Waals surface area contributed by atoms with Crippen LogP contribution in [0.25, 0.3) is 0 Å². The zero-order valence-electron chi connectivity index (χ0n) is 18.0. The molecule has 1 fully saturated rings. The Morgan fingerprint density at radius 3 is 2.69 bits per heavy atom. The average Bonchev–Trinajstić information content (AvgIpc) is 3.27. The van der Waals surface area contributed by atoms with Crippen molar-refractivity contribution < 1.29 is 18.0 Å². The molecule has 0 saturated carbocycles. The molecule has 2 aliphatic rings. The lowest BCUT2D eigenvalue weighted by Gasteiger charge is -2.18. The molecule has 2 N–H and O–H groups in total. The molecule has 2 aromatic rings. The highest BCUT2D eigenvalue weighted by Gasteiger charge is 2.30. The number of nitrogens with zero attached hydrogens (tertiary/aromatic N) is 1. The van der Waals surface area contributed by atoms with Gasteiger partial charge < -0.3 is 10.2 Å². The van der Waals surface area contributed by atoms with Crippen molar-refractivity contribution in [2.75, 3.05) is 28.9 Å². The Labute approximate surface area is 193 Å². The Hall–Kier alpha value is -2.52. The molecule has 4 rings (SSSR count). The Balaban J connectivity index is 1.51. The van der Waals surface area contributed by atoms with Crippen molar-refractivity contribution in [2.24, 2.45) is 5.92 Å². The van der Waals surface area contributed by atoms with Crippen LogP contribution in [0, 0.1) is 5.92 Å². The summed E-state index contributed by atoms with van der Waals surface area (Å²) in [7, 11) is -3.82. The fourth-order valence-corrected chi connectivity index (χ4v) is 6.20. The molecule has 32 heavy (non-hydrogen) atoms. The molecule has 170 valence electrons. The molecule has 0 bridgehead atoms. The van der Waals surface area contributed by atoms with Crippen molar-refractivity contribution >= 4 is 45.0 Å². The maximum absolute atomic E-state index is 13.0. The van der Waals surface area contributed by atoms with Crippen molar-refractivity contribution in [1.82, 2.24) is 4.90 Å². The van der Waals surface area contributed by atoms with Crippen LogP contribution in [0.4, 0.5) is 11.4 Å². The largest absolute Gasteiger partial charge is 0.343 e. The minimum atomic E-state index is -3.82. The van der Waals surface area contributed by atoms with E-state index in [1.54, 1.807) is 24.3 Å². The standard InChI is InChI=1S/C23H27N3O4S2/c1-2-16-7-3-4-8-19(16)25-32(29,30)18-9-10-21-20(14-18)24-23(28)17(15-31-21)13-22(27)26-11-5-6-12-26/h3-4,7-10,14,17,25H,2,5-6,11-13,15H2,1H3,(H,24,28). The van der Waals surface area contributed by atoms with Crippen molar-refractivity contribution in [3.05, 3.63) is 48.0 Å². The number of fused-ring (bicyclic) bond motifs is 1. The molecule has 0 spiro atoms. The number of hydrogen-bond acceptors (Lipinski definition) is 5. The number of carbonyl (C=O) groups is 2. The molecular formula is C23H27N3O4S2. The lowest BCUT2D eigenvalue weighted by molar-refractivity contribution is -0.133. The molecule has 7 nitrogen and oxygen atoms in total. The summed E-state index contributed by atoms with van der Waals surface area (Å²) in [4.78, 5) is 28.0. The molecular weight excluding hydrogens is 446 g/mol. The van der Waals surface area contributed by atoms with Gasteiger partial charge in [-0.2, -0.15) is 0 Å². The summed E-state index contributed by atoms with van der Waals surface area (Å²) in [5.74, 6) is -0.207. The molecule has 2 amide bonds. The van der Waals surface area contributed by atoms with E-state index in [4.69, 9.17) is 0 Å². The molecule has 2 heterocycles. The fourth-order valence-electron chi connectivity index (χ4n) is 3.99. The predicted molar refractivity (Wildman–Crippen MR) is 126 cm³/mol.